The van der Waals surface area contributed by atoms with Gasteiger partial charge in [-0.2, -0.15) is 5.10 Å². The largest absolute Gasteiger partial charge is 0.418 e. The average molecular weight is 303 g/mol. The maximum Gasteiger partial charge on any atom is 0.257 e. The van der Waals surface area contributed by atoms with Crippen molar-refractivity contribution in [1.82, 2.24) is 25.3 Å². The summed E-state index contributed by atoms with van der Waals surface area (Å²) in [5.74, 6) is 1.18. The van der Waals surface area contributed by atoms with Gasteiger partial charge in [0.2, 0.25) is 5.89 Å². The Morgan fingerprint density at radius 3 is 2.95 bits per heavy atom. The fourth-order valence-corrected chi connectivity index (χ4v) is 2.79. The van der Waals surface area contributed by atoms with Crippen molar-refractivity contribution in [3.63, 3.8) is 0 Å². The molecule has 0 aliphatic heterocycles. The molecule has 0 bridgehead atoms. The molecule has 0 aromatic carbocycles. The molecule has 110 valence electrons. The second kappa shape index (κ2) is 6.19. The van der Waals surface area contributed by atoms with Gasteiger partial charge in [0, 0.05) is 18.4 Å². The first-order chi connectivity index (χ1) is 10.2. The molecule has 21 heavy (non-hydrogen) atoms. The molecular weight excluding hydrogens is 286 g/mol. The fourth-order valence-electron chi connectivity index (χ4n) is 2.15. The summed E-state index contributed by atoms with van der Waals surface area (Å²) < 4.78 is 7.63. The zero-order valence-electron chi connectivity index (χ0n) is 11.9. The van der Waals surface area contributed by atoms with Gasteiger partial charge in [0.1, 0.15) is 0 Å². The third kappa shape index (κ3) is 3.37. The summed E-state index contributed by atoms with van der Waals surface area (Å²) in [4.78, 5) is 0.991. The van der Waals surface area contributed by atoms with Crippen molar-refractivity contribution < 1.29 is 4.42 Å². The van der Waals surface area contributed by atoms with Crippen molar-refractivity contribution in [2.24, 2.45) is 0 Å². The van der Waals surface area contributed by atoms with Crippen LogP contribution in [0.2, 0.25) is 0 Å². The van der Waals surface area contributed by atoms with E-state index in [4.69, 9.17) is 4.42 Å². The minimum atomic E-state index is -0.00299. The van der Waals surface area contributed by atoms with Crippen molar-refractivity contribution in [2.45, 2.75) is 32.5 Å². The van der Waals surface area contributed by atoms with Crippen LogP contribution in [0.25, 0.3) is 10.8 Å². The minimum Gasteiger partial charge on any atom is -0.418 e. The Morgan fingerprint density at radius 1 is 1.33 bits per heavy atom. The lowest BCUT2D eigenvalue weighted by molar-refractivity contribution is 0.362. The molecule has 2 unspecified atom stereocenters. The first-order valence-corrected chi connectivity index (χ1v) is 7.71. The van der Waals surface area contributed by atoms with E-state index < -0.39 is 0 Å². The van der Waals surface area contributed by atoms with Crippen LogP contribution >= 0.6 is 11.3 Å². The Kier molecular flexibility index (Phi) is 4.12. The number of aromatic nitrogens is 4. The summed E-state index contributed by atoms with van der Waals surface area (Å²) in [5, 5.41) is 17.9. The van der Waals surface area contributed by atoms with Gasteiger partial charge in [0.15, 0.2) is 0 Å². The second-order valence-electron chi connectivity index (χ2n) is 4.94. The Balaban J connectivity index is 1.61. The van der Waals surface area contributed by atoms with E-state index in [-0.39, 0.29) is 12.1 Å². The summed E-state index contributed by atoms with van der Waals surface area (Å²) in [6.45, 7) is 4.92. The summed E-state index contributed by atoms with van der Waals surface area (Å²) in [7, 11) is 0. The molecule has 0 aliphatic rings. The maximum absolute atomic E-state index is 5.73. The Bertz CT molecular complexity index is 661. The van der Waals surface area contributed by atoms with E-state index >= 15 is 0 Å². The SMILES string of the molecule is CC(Cn1cccn1)NC(C)c1nnc(-c2cccs2)o1. The van der Waals surface area contributed by atoms with Crippen molar-refractivity contribution >= 4 is 11.3 Å². The predicted molar refractivity (Wildman–Crippen MR) is 80.9 cm³/mol. The molecule has 0 aliphatic carbocycles. The lowest BCUT2D eigenvalue weighted by Crippen LogP contribution is -2.33. The number of rotatable bonds is 6. The van der Waals surface area contributed by atoms with Gasteiger partial charge in [0.25, 0.3) is 5.89 Å². The average Bonchev–Trinajstić information content (AvgIpc) is 3.20. The number of hydrogen-bond acceptors (Lipinski definition) is 6. The van der Waals surface area contributed by atoms with E-state index in [1.165, 1.54) is 0 Å². The van der Waals surface area contributed by atoms with Gasteiger partial charge in [0.05, 0.1) is 17.5 Å². The molecule has 3 rings (SSSR count). The monoisotopic (exact) mass is 303 g/mol. The van der Waals surface area contributed by atoms with Gasteiger partial charge in [-0.25, -0.2) is 0 Å². The van der Waals surface area contributed by atoms with Crippen LogP contribution in [0.4, 0.5) is 0 Å². The molecule has 2 atom stereocenters. The lowest BCUT2D eigenvalue weighted by atomic mass is 10.2. The molecule has 0 radical (unpaired) electrons. The first-order valence-electron chi connectivity index (χ1n) is 6.83. The van der Waals surface area contributed by atoms with E-state index in [9.17, 15) is 0 Å². The van der Waals surface area contributed by atoms with E-state index in [1.54, 1.807) is 17.5 Å². The van der Waals surface area contributed by atoms with Gasteiger partial charge in [-0.3, -0.25) is 4.68 Å². The first kappa shape index (κ1) is 14.0. The highest BCUT2D eigenvalue weighted by Crippen LogP contribution is 2.24. The van der Waals surface area contributed by atoms with Crippen LogP contribution in [0, 0.1) is 0 Å². The highest BCUT2D eigenvalue weighted by Gasteiger charge is 2.17. The zero-order chi connectivity index (χ0) is 14.7. The third-order valence-corrected chi connectivity index (χ3v) is 3.96. The van der Waals surface area contributed by atoms with Crippen LogP contribution in [0.1, 0.15) is 25.8 Å². The molecule has 7 heteroatoms. The fraction of sp³-hybridized carbons (Fsp3) is 0.357. The third-order valence-electron chi connectivity index (χ3n) is 3.10. The summed E-state index contributed by atoms with van der Waals surface area (Å²) in [6.07, 6.45) is 3.73. The summed E-state index contributed by atoms with van der Waals surface area (Å²) in [6, 6.07) is 6.10. The van der Waals surface area contributed by atoms with Crippen LogP contribution in [0.3, 0.4) is 0 Å². The van der Waals surface area contributed by atoms with Gasteiger partial charge in [-0.05, 0) is 31.4 Å². The van der Waals surface area contributed by atoms with Crippen molar-refractivity contribution in [3.8, 4) is 10.8 Å². The summed E-state index contributed by atoms with van der Waals surface area (Å²) in [5.41, 5.74) is 0. The molecule has 0 saturated carbocycles. The highest BCUT2D eigenvalue weighted by molar-refractivity contribution is 7.13. The van der Waals surface area contributed by atoms with E-state index in [1.807, 2.05) is 41.4 Å². The van der Waals surface area contributed by atoms with Crippen LogP contribution in [-0.2, 0) is 6.54 Å². The Morgan fingerprint density at radius 2 is 2.24 bits per heavy atom. The van der Waals surface area contributed by atoms with Crippen molar-refractivity contribution in [2.75, 3.05) is 0 Å². The standard InChI is InChI=1S/C14H17N5OS/c1-10(9-19-7-4-6-15-19)16-11(2)13-17-18-14(20-13)12-5-3-8-21-12/h3-8,10-11,16H,9H2,1-2H3. The van der Waals surface area contributed by atoms with Gasteiger partial charge in [-0.1, -0.05) is 6.07 Å². The van der Waals surface area contributed by atoms with Crippen LogP contribution in [0.5, 0.6) is 0 Å². The molecule has 6 nitrogen and oxygen atoms in total. The van der Waals surface area contributed by atoms with E-state index in [0.29, 0.717) is 11.8 Å². The predicted octanol–water partition coefficient (Wildman–Crippen LogP) is 2.73. The molecule has 1 N–H and O–H groups in total. The zero-order valence-corrected chi connectivity index (χ0v) is 12.7. The molecule has 3 aromatic heterocycles. The Labute approximate surface area is 126 Å². The molecule has 0 spiro atoms. The van der Waals surface area contributed by atoms with Gasteiger partial charge < -0.3 is 9.73 Å². The van der Waals surface area contributed by atoms with Crippen molar-refractivity contribution in [3.05, 3.63) is 41.9 Å². The topological polar surface area (TPSA) is 68.8 Å². The summed E-state index contributed by atoms with van der Waals surface area (Å²) >= 11 is 1.59. The van der Waals surface area contributed by atoms with E-state index in [0.717, 1.165) is 11.4 Å². The quantitative estimate of drug-likeness (QED) is 0.758. The lowest BCUT2D eigenvalue weighted by Gasteiger charge is -2.17. The molecular formula is C14H17N5OS. The molecule has 0 amide bonds. The number of nitrogens with one attached hydrogen (secondary N) is 1. The molecule has 0 saturated heterocycles. The maximum atomic E-state index is 5.73. The Hall–Kier alpha value is -1.99. The molecule has 3 heterocycles. The number of hydrogen-bond donors (Lipinski definition) is 1. The normalized spacial score (nSPS) is 14.2. The molecule has 0 fully saturated rings. The second-order valence-corrected chi connectivity index (χ2v) is 5.89. The van der Waals surface area contributed by atoms with Gasteiger partial charge in [-0.15, -0.1) is 21.5 Å². The van der Waals surface area contributed by atoms with E-state index in [2.05, 4.69) is 27.5 Å². The van der Waals surface area contributed by atoms with Crippen molar-refractivity contribution in [1.29, 1.82) is 0 Å². The van der Waals surface area contributed by atoms with Crippen LogP contribution in [-0.4, -0.2) is 26.0 Å². The minimum absolute atomic E-state index is 0.00299. The van der Waals surface area contributed by atoms with Gasteiger partial charge >= 0.3 is 0 Å². The number of nitrogens with zero attached hydrogens (tertiary/aromatic N) is 4. The highest BCUT2D eigenvalue weighted by atomic mass is 32.1. The van der Waals surface area contributed by atoms with Crippen LogP contribution < -0.4 is 5.32 Å². The smallest absolute Gasteiger partial charge is 0.257 e. The number of thiophene rings is 1. The van der Waals surface area contributed by atoms with Crippen LogP contribution in [0.15, 0.2) is 40.4 Å². The molecule has 3 aromatic rings.